The number of hydrogen-bond acceptors (Lipinski definition) is 7. The quantitative estimate of drug-likeness (QED) is 0.694. The second kappa shape index (κ2) is 8.94. The van der Waals surface area contributed by atoms with Gasteiger partial charge >= 0.3 is 5.97 Å². The van der Waals surface area contributed by atoms with Crippen molar-refractivity contribution >= 4 is 23.5 Å². The number of furan rings is 1. The summed E-state index contributed by atoms with van der Waals surface area (Å²) >= 11 is 0. The topological polar surface area (TPSA) is 116 Å². The van der Waals surface area contributed by atoms with Crippen LogP contribution in [0.15, 0.2) is 41.0 Å². The van der Waals surface area contributed by atoms with Gasteiger partial charge < -0.3 is 29.3 Å². The van der Waals surface area contributed by atoms with E-state index >= 15 is 0 Å². The Hall–Kier alpha value is -3.49. The van der Waals surface area contributed by atoms with E-state index in [1.807, 2.05) is 0 Å². The Kier molecular flexibility index (Phi) is 6.15. The molecule has 0 fully saturated rings. The number of ether oxygens (including phenoxy) is 3. The van der Waals surface area contributed by atoms with Crippen molar-refractivity contribution in [2.75, 3.05) is 25.1 Å². The molecule has 2 aromatic rings. The fraction of sp³-hybridized carbons (Fsp3) is 0.316. The first-order valence-electron chi connectivity index (χ1n) is 8.74. The predicted molar refractivity (Wildman–Crippen MR) is 97.3 cm³/mol. The molecule has 1 aromatic carbocycles. The number of benzene rings is 1. The maximum Gasteiger partial charge on any atom is 0.308 e. The summed E-state index contributed by atoms with van der Waals surface area (Å²) in [5.41, 5.74) is 0.503. The molecule has 1 aliphatic heterocycles. The van der Waals surface area contributed by atoms with Crippen molar-refractivity contribution in [2.24, 2.45) is 0 Å². The predicted octanol–water partition coefficient (Wildman–Crippen LogP) is 1.74. The Labute approximate surface area is 160 Å². The first-order chi connectivity index (χ1) is 13.5. The van der Waals surface area contributed by atoms with Gasteiger partial charge in [-0.2, -0.15) is 0 Å². The maximum absolute atomic E-state index is 12.2. The Bertz CT molecular complexity index is 848. The minimum absolute atomic E-state index is 0.0644. The highest BCUT2D eigenvalue weighted by Gasteiger charge is 2.19. The Morgan fingerprint density at radius 2 is 1.93 bits per heavy atom. The lowest BCUT2D eigenvalue weighted by Gasteiger charge is -2.19. The van der Waals surface area contributed by atoms with Crippen LogP contribution in [0, 0.1) is 0 Å². The molecule has 1 aromatic heterocycles. The largest absolute Gasteiger partial charge is 0.486 e. The molecule has 0 radical (unpaired) electrons. The number of rotatable bonds is 7. The van der Waals surface area contributed by atoms with E-state index in [1.54, 1.807) is 24.3 Å². The molecule has 148 valence electrons. The summed E-state index contributed by atoms with van der Waals surface area (Å²) in [6.45, 7) is 2.45. The van der Waals surface area contributed by atoms with E-state index in [9.17, 15) is 14.4 Å². The molecule has 9 nitrogen and oxygen atoms in total. The van der Waals surface area contributed by atoms with Gasteiger partial charge in [0, 0.05) is 18.3 Å². The van der Waals surface area contributed by atoms with Crippen molar-refractivity contribution in [2.45, 2.75) is 19.4 Å². The molecule has 1 aliphatic rings. The third kappa shape index (κ3) is 5.03. The van der Waals surface area contributed by atoms with Gasteiger partial charge in [0.2, 0.25) is 0 Å². The number of carbonyl (C=O) groups is 3. The van der Waals surface area contributed by atoms with Crippen molar-refractivity contribution in [3.8, 4) is 11.5 Å². The van der Waals surface area contributed by atoms with Crippen LogP contribution in [0.4, 0.5) is 5.69 Å². The second-order valence-electron chi connectivity index (χ2n) is 5.96. The van der Waals surface area contributed by atoms with Crippen LogP contribution in [-0.4, -0.2) is 43.6 Å². The first-order valence-corrected chi connectivity index (χ1v) is 8.74. The Morgan fingerprint density at radius 3 is 2.68 bits per heavy atom. The molecule has 2 N–H and O–H groups in total. The fourth-order valence-corrected chi connectivity index (χ4v) is 2.45. The number of nitrogens with one attached hydrogen (secondary N) is 2. The van der Waals surface area contributed by atoms with Crippen LogP contribution >= 0.6 is 0 Å². The number of esters is 1. The third-order valence-corrected chi connectivity index (χ3v) is 3.85. The maximum atomic E-state index is 12.2. The van der Waals surface area contributed by atoms with Gasteiger partial charge in [0.05, 0.1) is 12.7 Å². The molecule has 2 heterocycles. The van der Waals surface area contributed by atoms with Gasteiger partial charge in [0.25, 0.3) is 11.8 Å². The summed E-state index contributed by atoms with van der Waals surface area (Å²) in [5.74, 6) is -0.210. The van der Waals surface area contributed by atoms with Crippen molar-refractivity contribution in [1.29, 1.82) is 0 Å². The van der Waals surface area contributed by atoms with E-state index in [2.05, 4.69) is 10.6 Å². The number of anilines is 1. The summed E-state index contributed by atoms with van der Waals surface area (Å²) in [7, 11) is 0. The lowest BCUT2D eigenvalue weighted by Crippen LogP contribution is -2.32. The monoisotopic (exact) mass is 388 g/mol. The normalized spacial score (nSPS) is 13.3. The summed E-state index contributed by atoms with van der Waals surface area (Å²) < 4.78 is 20.9. The van der Waals surface area contributed by atoms with Crippen LogP contribution in [0.5, 0.6) is 11.5 Å². The first kappa shape index (κ1) is 19.3. The van der Waals surface area contributed by atoms with Gasteiger partial charge in [-0.15, -0.1) is 0 Å². The van der Waals surface area contributed by atoms with Crippen molar-refractivity contribution in [1.82, 2.24) is 5.32 Å². The highest BCUT2D eigenvalue weighted by atomic mass is 16.6. The fourth-order valence-electron chi connectivity index (χ4n) is 2.45. The van der Waals surface area contributed by atoms with Crippen LogP contribution < -0.4 is 20.1 Å². The molecule has 1 atom stereocenters. The molecule has 28 heavy (non-hydrogen) atoms. The third-order valence-electron chi connectivity index (χ3n) is 3.85. The minimum atomic E-state index is -0.999. The van der Waals surface area contributed by atoms with E-state index in [1.165, 1.54) is 19.3 Å². The van der Waals surface area contributed by atoms with E-state index in [0.29, 0.717) is 30.4 Å². The zero-order chi connectivity index (χ0) is 19.9. The second-order valence-corrected chi connectivity index (χ2v) is 5.96. The molecule has 0 unspecified atom stereocenters. The molecule has 0 spiro atoms. The molecule has 0 saturated carbocycles. The molecule has 0 aliphatic carbocycles. The highest BCUT2D eigenvalue weighted by molar-refractivity contribution is 5.95. The van der Waals surface area contributed by atoms with Gasteiger partial charge in [-0.1, -0.05) is 0 Å². The zero-order valence-corrected chi connectivity index (χ0v) is 15.2. The van der Waals surface area contributed by atoms with E-state index in [0.717, 1.165) is 0 Å². The van der Waals surface area contributed by atoms with Crippen LogP contribution in [-0.2, 0) is 14.3 Å². The number of hydrogen-bond donors (Lipinski definition) is 2. The number of carbonyl (C=O) groups excluding carboxylic acids is 3. The van der Waals surface area contributed by atoms with E-state index in [4.69, 9.17) is 18.6 Å². The Morgan fingerprint density at radius 1 is 1.14 bits per heavy atom. The van der Waals surface area contributed by atoms with E-state index < -0.39 is 23.9 Å². The van der Waals surface area contributed by atoms with Gasteiger partial charge in [0.1, 0.15) is 13.2 Å². The van der Waals surface area contributed by atoms with Crippen LogP contribution in [0.1, 0.15) is 23.9 Å². The van der Waals surface area contributed by atoms with Gasteiger partial charge in [-0.05, 0) is 31.2 Å². The smallest absolute Gasteiger partial charge is 0.308 e. The standard InChI is InChI=1S/C19H20N2O7/c1-12(28-17(22)6-7-20-19(24)15-3-2-8-25-15)18(23)21-13-4-5-14-16(11-13)27-10-9-26-14/h2-5,8,11-12H,6-7,9-10H2,1H3,(H,20,24)(H,21,23)/t12-/m1/s1. The van der Waals surface area contributed by atoms with Crippen molar-refractivity contribution < 1.29 is 33.0 Å². The average Bonchev–Trinajstić information content (AvgIpc) is 3.22. The molecular weight excluding hydrogens is 368 g/mol. The summed E-state index contributed by atoms with van der Waals surface area (Å²) in [4.78, 5) is 35.8. The summed E-state index contributed by atoms with van der Waals surface area (Å²) in [5, 5.41) is 5.18. The van der Waals surface area contributed by atoms with Gasteiger partial charge in [-0.3, -0.25) is 14.4 Å². The van der Waals surface area contributed by atoms with Crippen LogP contribution in [0.3, 0.4) is 0 Å². The Balaban J connectivity index is 1.42. The molecule has 9 heteroatoms. The molecule has 2 amide bonds. The van der Waals surface area contributed by atoms with Crippen molar-refractivity contribution in [3.63, 3.8) is 0 Å². The number of amides is 2. The average molecular weight is 388 g/mol. The van der Waals surface area contributed by atoms with Gasteiger partial charge in [0.15, 0.2) is 23.4 Å². The van der Waals surface area contributed by atoms with E-state index in [-0.39, 0.29) is 18.7 Å². The molecule has 0 bridgehead atoms. The molecule has 3 rings (SSSR count). The lowest BCUT2D eigenvalue weighted by molar-refractivity contribution is -0.153. The lowest BCUT2D eigenvalue weighted by atomic mass is 10.2. The SMILES string of the molecule is C[C@@H](OC(=O)CCNC(=O)c1ccco1)C(=O)Nc1ccc2c(c1)OCCO2. The number of fused-ring (bicyclic) bond motifs is 1. The highest BCUT2D eigenvalue weighted by Crippen LogP contribution is 2.32. The summed E-state index contributed by atoms with van der Waals surface area (Å²) in [6.07, 6.45) is 0.306. The molecular formula is C19H20N2O7. The van der Waals surface area contributed by atoms with Gasteiger partial charge in [-0.25, -0.2) is 0 Å². The van der Waals surface area contributed by atoms with Crippen molar-refractivity contribution in [3.05, 3.63) is 42.4 Å². The van der Waals surface area contributed by atoms with Crippen LogP contribution in [0.25, 0.3) is 0 Å². The molecule has 0 saturated heterocycles. The zero-order valence-electron chi connectivity index (χ0n) is 15.2. The van der Waals surface area contributed by atoms with Crippen LogP contribution in [0.2, 0.25) is 0 Å². The summed E-state index contributed by atoms with van der Waals surface area (Å²) in [6, 6.07) is 8.11. The minimum Gasteiger partial charge on any atom is -0.486 e.